The summed E-state index contributed by atoms with van der Waals surface area (Å²) < 4.78 is 0. The summed E-state index contributed by atoms with van der Waals surface area (Å²) in [6, 6.07) is 2.29. The van der Waals surface area contributed by atoms with E-state index in [2.05, 4.69) is 10.6 Å². The number of aromatic carboxylic acids is 1. The van der Waals surface area contributed by atoms with Gasteiger partial charge in [-0.15, -0.1) is 0 Å². The summed E-state index contributed by atoms with van der Waals surface area (Å²) in [5.74, 6) is -1.24. The zero-order valence-corrected chi connectivity index (χ0v) is 11.3. The van der Waals surface area contributed by atoms with Crippen LogP contribution in [0.1, 0.15) is 23.2 Å². The predicted molar refractivity (Wildman–Crippen MR) is 74.6 cm³/mol. The number of hydrogen-bond donors (Lipinski definition) is 3. The lowest BCUT2D eigenvalue weighted by Gasteiger charge is -2.25. The summed E-state index contributed by atoms with van der Waals surface area (Å²) >= 11 is 6.00. The van der Waals surface area contributed by atoms with E-state index in [1.54, 1.807) is 0 Å². The predicted octanol–water partition coefficient (Wildman–Crippen LogP) is 2.11. The summed E-state index contributed by atoms with van der Waals surface area (Å²) in [5, 5.41) is 26.3. The number of nitrogens with one attached hydrogen (secondary N) is 2. The van der Waals surface area contributed by atoms with E-state index in [4.69, 9.17) is 11.6 Å². The minimum absolute atomic E-state index is 0.0510. The molecule has 0 saturated carbocycles. The summed E-state index contributed by atoms with van der Waals surface area (Å²) in [6.07, 6.45) is 1.68. The number of halogens is 1. The maximum absolute atomic E-state index is 11.3. The van der Waals surface area contributed by atoms with Crippen LogP contribution in [0.5, 0.6) is 0 Å². The maximum Gasteiger partial charge on any atom is 0.338 e. The minimum Gasteiger partial charge on any atom is -0.478 e. The van der Waals surface area contributed by atoms with Crippen molar-refractivity contribution >= 4 is 28.9 Å². The van der Waals surface area contributed by atoms with Crippen molar-refractivity contribution in [3.05, 3.63) is 32.8 Å². The fraction of sp³-hybridized carbons (Fsp3) is 0.417. The molecule has 1 aromatic rings. The number of anilines is 1. The quantitative estimate of drug-likeness (QED) is 0.581. The Bertz CT molecular complexity index is 544. The van der Waals surface area contributed by atoms with Crippen LogP contribution in [-0.2, 0) is 0 Å². The van der Waals surface area contributed by atoms with Gasteiger partial charge in [-0.2, -0.15) is 0 Å². The highest BCUT2D eigenvalue weighted by molar-refractivity contribution is 6.34. The molecule has 0 unspecified atom stereocenters. The third kappa shape index (κ3) is 3.17. The van der Waals surface area contributed by atoms with Gasteiger partial charge >= 0.3 is 5.97 Å². The van der Waals surface area contributed by atoms with Crippen LogP contribution in [0.4, 0.5) is 11.4 Å². The molecule has 1 aliphatic heterocycles. The number of nitro benzene ring substituents is 1. The average molecular weight is 300 g/mol. The van der Waals surface area contributed by atoms with Crippen molar-refractivity contribution in [3.8, 4) is 0 Å². The fourth-order valence-electron chi connectivity index (χ4n) is 2.18. The van der Waals surface area contributed by atoms with E-state index in [-0.39, 0.29) is 28.0 Å². The van der Waals surface area contributed by atoms with E-state index >= 15 is 0 Å². The Morgan fingerprint density at radius 2 is 2.10 bits per heavy atom. The molecule has 0 radical (unpaired) electrons. The van der Waals surface area contributed by atoms with Gasteiger partial charge in [0.2, 0.25) is 0 Å². The molecule has 1 heterocycles. The monoisotopic (exact) mass is 299 g/mol. The lowest BCUT2D eigenvalue weighted by molar-refractivity contribution is -0.384. The van der Waals surface area contributed by atoms with Gasteiger partial charge in [-0.3, -0.25) is 10.1 Å². The number of carboxylic acids is 1. The van der Waals surface area contributed by atoms with Crippen LogP contribution in [0.15, 0.2) is 12.1 Å². The van der Waals surface area contributed by atoms with E-state index in [1.165, 1.54) is 0 Å². The molecule has 1 aromatic carbocycles. The number of rotatable bonds is 4. The van der Waals surface area contributed by atoms with Crippen LogP contribution in [0.2, 0.25) is 5.02 Å². The zero-order valence-electron chi connectivity index (χ0n) is 10.6. The lowest BCUT2D eigenvalue weighted by Crippen LogP contribution is -2.35. The fourth-order valence-corrected chi connectivity index (χ4v) is 2.45. The standard InChI is InChI=1S/C12H14ClN3O4/c13-10-6-8(16(19)20)5-9(12(17)18)11(10)15-7-1-3-14-4-2-7/h5-7,14-15H,1-4H2,(H,17,18). The van der Waals surface area contributed by atoms with E-state index in [0.717, 1.165) is 38.1 Å². The molecule has 1 aliphatic rings. The van der Waals surface area contributed by atoms with E-state index in [1.807, 2.05) is 0 Å². The Kier molecular flexibility index (Phi) is 4.41. The van der Waals surface area contributed by atoms with Crippen LogP contribution in [0.3, 0.4) is 0 Å². The van der Waals surface area contributed by atoms with Crippen molar-refractivity contribution in [2.75, 3.05) is 18.4 Å². The first-order chi connectivity index (χ1) is 9.49. The van der Waals surface area contributed by atoms with Crippen LogP contribution >= 0.6 is 11.6 Å². The summed E-state index contributed by atoms with van der Waals surface area (Å²) in [4.78, 5) is 21.4. The van der Waals surface area contributed by atoms with Crippen LogP contribution in [-0.4, -0.2) is 35.1 Å². The zero-order chi connectivity index (χ0) is 14.7. The Morgan fingerprint density at radius 1 is 1.45 bits per heavy atom. The molecule has 108 valence electrons. The lowest BCUT2D eigenvalue weighted by atomic mass is 10.0. The average Bonchev–Trinajstić information content (AvgIpc) is 2.41. The van der Waals surface area contributed by atoms with Gasteiger partial charge in [-0.05, 0) is 25.9 Å². The third-order valence-corrected chi connectivity index (χ3v) is 3.50. The molecule has 7 nitrogen and oxygen atoms in total. The van der Waals surface area contributed by atoms with E-state index in [0.29, 0.717) is 0 Å². The van der Waals surface area contributed by atoms with Gasteiger partial charge < -0.3 is 15.7 Å². The number of carbonyl (C=O) groups is 1. The molecule has 2 rings (SSSR count). The maximum atomic E-state index is 11.3. The van der Waals surface area contributed by atoms with Gasteiger partial charge in [0.05, 0.1) is 21.2 Å². The highest BCUT2D eigenvalue weighted by Crippen LogP contribution is 2.32. The second-order valence-electron chi connectivity index (χ2n) is 4.58. The molecule has 20 heavy (non-hydrogen) atoms. The highest BCUT2D eigenvalue weighted by Gasteiger charge is 2.22. The molecule has 0 bridgehead atoms. The van der Waals surface area contributed by atoms with Gasteiger partial charge in [0.1, 0.15) is 0 Å². The third-order valence-electron chi connectivity index (χ3n) is 3.20. The molecule has 1 saturated heterocycles. The second kappa shape index (κ2) is 6.06. The van der Waals surface area contributed by atoms with Gasteiger partial charge in [-0.1, -0.05) is 11.6 Å². The Balaban J connectivity index is 2.35. The van der Waals surface area contributed by atoms with Crippen molar-refractivity contribution in [1.29, 1.82) is 0 Å². The first-order valence-corrected chi connectivity index (χ1v) is 6.55. The number of benzene rings is 1. The number of hydrogen-bond acceptors (Lipinski definition) is 5. The number of carboxylic acid groups (broad SMARTS) is 1. The van der Waals surface area contributed by atoms with Crippen molar-refractivity contribution in [2.45, 2.75) is 18.9 Å². The molecule has 0 spiro atoms. The Labute approximate surface area is 120 Å². The molecule has 0 amide bonds. The molecule has 1 fully saturated rings. The van der Waals surface area contributed by atoms with Gasteiger partial charge in [0.15, 0.2) is 0 Å². The SMILES string of the molecule is O=C(O)c1cc([N+](=O)[O-])cc(Cl)c1NC1CCNCC1. The Morgan fingerprint density at radius 3 is 2.65 bits per heavy atom. The highest BCUT2D eigenvalue weighted by atomic mass is 35.5. The van der Waals surface area contributed by atoms with E-state index in [9.17, 15) is 20.0 Å². The molecule has 3 N–H and O–H groups in total. The largest absolute Gasteiger partial charge is 0.478 e. The molecule has 0 aromatic heterocycles. The molecule has 0 aliphatic carbocycles. The van der Waals surface area contributed by atoms with Crippen LogP contribution < -0.4 is 10.6 Å². The number of nitro groups is 1. The van der Waals surface area contributed by atoms with Crippen LogP contribution in [0, 0.1) is 10.1 Å². The van der Waals surface area contributed by atoms with Crippen molar-refractivity contribution in [3.63, 3.8) is 0 Å². The molecule has 8 heteroatoms. The first-order valence-electron chi connectivity index (χ1n) is 6.17. The summed E-state index contributed by atoms with van der Waals surface area (Å²) in [5.41, 5.74) is -0.261. The topological polar surface area (TPSA) is 104 Å². The van der Waals surface area contributed by atoms with Crippen molar-refractivity contribution in [2.24, 2.45) is 0 Å². The van der Waals surface area contributed by atoms with Gasteiger partial charge in [-0.25, -0.2) is 4.79 Å². The van der Waals surface area contributed by atoms with Crippen LogP contribution in [0.25, 0.3) is 0 Å². The molecular weight excluding hydrogens is 286 g/mol. The van der Waals surface area contributed by atoms with Crippen molar-refractivity contribution < 1.29 is 14.8 Å². The van der Waals surface area contributed by atoms with Gasteiger partial charge in [0.25, 0.3) is 5.69 Å². The minimum atomic E-state index is -1.24. The number of nitrogens with zero attached hydrogens (tertiary/aromatic N) is 1. The molecular formula is C12H14ClN3O4. The first kappa shape index (κ1) is 14.5. The number of non-ortho nitro benzene ring substituents is 1. The second-order valence-corrected chi connectivity index (χ2v) is 4.99. The summed E-state index contributed by atoms with van der Waals surface area (Å²) in [7, 11) is 0. The molecule has 0 atom stereocenters. The Hall–Kier alpha value is -1.86. The number of piperidine rings is 1. The smallest absolute Gasteiger partial charge is 0.338 e. The van der Waals surface area contributed by atoms with Crippen molar-refractivity contribution in [1.82, 2.24) is 5.32 Å². The summed E-state index contributed by atoms with van der Waals surface area (Å²) in [6.45, 7) is 1.68. The normalized spacial score (nSPS) is 15.8. The van der Waals surface area contributed by atoms with E-state index < -0.39 is 10.9 Å². The van der Waals surface area contributed by atoms with Gasteiger partial charge in [0, 0.05) is 18.2 Å².